The maximum absolute atomic E-state index is 11.5. The number of hydrogen-bond donors (Lipinski definition) is 1. The van der Waals surface area contributed by atoms with Crippen molar-refractivity contribution in [2.75, 3.05) is 5.43 Å². The molecular weight excluding hydrogens is 408 g/mol. The van der Waals surface area contributed by atoms with Gasteiger partial charge in [-0.05, 0) is 23.8 Å². The lowest BCUT2D eigenvalue weighted by Gasteiger charge is -2.12. The number of non-ortho nitro benzene ring substituents is 1. The van der Waals surface area contributed by atoms with Crippen LogP contribution in [0, 0.1) is 27.2 Å². The summed E-state index contributed by atoms with van der Waals surface area (Å²) in [6, 6.07) is 24.9. The van der Waals surface area contributed by atoms with Gasteiger partial charge in [0.1, 0.15) is 5.69 Å². The van der Waals surface area contributed by atoms with Gasteiger partial charge in [-0.1, -0.05) is 72.3 Å². The highest BCUT2D eigenvalue weighted by atomic mass is 16.6. The Kier molecular flexibility index (Phi) is 5.59. The first-order valence-electron chi connectivity index (χ1n) is 9.76. The molecule has 0 radical (unpaired) electrons. The van der Waals surface area contributed by atoms with Crippen molar-refractivity contribution in [3.63, 3.8) is 0 Å². The van der Waals surface area contributed by atoms with Crippen LogP contribution in [0.1, 0.15) is 16.7 Å². The summed E-state index contributed by atoms with van der Waals surface area (Å²) in [7, 11) is 0. The minimum absolute atomic E-state index is 0.0606. The second-order valence-corrected chi connectivity index (χ2v) is 7.18. The fourth-order valence-corrected chi connectivity index (χ4v) is 3.42. The zero-order chi connectivity index (χ0) is 22.7. The third kappa shape index (κ3) is 4.15. The van der Waals surface area contributed by atoms with Crippen molar-refractivity contribution in [1.29, 1.82) is 0 Å². The number of aryl methyl sites for hydroxylation is 1. The maximum atomic E-state index is 11.5. The molecule has 0 atom stereocenters. The van der Waals surface area contributed by atoms with E-state index in [1.807, 2.05) is 73.7 Å². The van der Waals surface area contributed by atoms with E-state index in [4.69, 9.17) is 0 Å². The van der Waals surface area contributed by atoms with Crippen LogP contribution < -0.4 is 5.43 Å². The molecule has 0 saturated heterocycles. The molecule has 0 saturated carbocycles. The first-order valence-corrected chi connectivity index (χ1v) is 9.76. The molecule has 0 spiro atoms. The average Bonchev–Trinajstić information content (AvgIpc) is 2.80. The number of anilines is 1. The Morgan fingerprint density at radius 3 is 2.28 bits per heavy atom. The Morgan fingerprint density at radius 1 is 0.844 bits per heavy atom. The summed E-state index contributed by atoms with van der Waals surface area (Å²) < 4.78 is 0. The van der Waals surface area contributed by atoms with Gasteiger partial charge < -0.3 is 0 Å². The number of hydrazone groups is 1. The predicted octanol–water partition coefficient (Wildman–Crippen LogP) is 5.83. The monoisotopic (exact) mass is 426 g/mol. The van der Waals surface area contributed by atoms with Crippen molar-refractivity contribution in [3.05, 3.63) is 122 Å². The van der Waals surface area contributed by atoms with Gasteiger partial charge in [-0.2, -0.15) is 5.10 Å². The highest BCUT2D eigenvalue weighted by Gasteiger charge is 2.20. The normalized spacial score (nSPS) is 11.3. The molecule has 4 aromatic carbocycles. The van der Waals surface area contributed by atoms with Gasteiger partial charge in [0.2, 0.25) is 0 Å². The molecule has 0 aromatic heterocycles. The van der Waals surface area contributed by atoms with Gasteiger partial charge >= 0.3 is 5.69 Å². The molecule has 158 valence electrons. The Morgan fingerprint density at radius 2 is 1.56 bits per heavy atom. The third-order valence-corrected chi connectivity index (χ3v) is 5.05. The van der Waals surface area contributed by atoms with Crippen molar-refractivity contribution >= 4 is 33.5 Å². The lowest BCUT2D eigenvalue weighted by molar-refractivity contribution is -0.393. The Labute approximate surface area is 183 Å². The van der Waals surface area contributed by atoms with Crippen molar-refractivity contribution in [2.24, 2.45) is 5.10 Å². The third-order valence-electron chi connectivity index (χ3n) is 5.05. The molecule has 0 amide bonds. The first kappa shape index (κ1) is 20.7. The predicted molar refractivity (Wildman–Crippen MR) is 124 cm³/mol. The Balaban J connectivity index is 1.85. The molecule has 0 fully saturated rings. The topological polar surface area (TPSA) is 111 Å². The fourth-order valence-electron chi connectivity index (χ4n) is 3.42. The SMILES string of the molecule is Cc1ccc(C(=NNc2ccc([N+](=O)[O-])cc2[N+](=O)[O-])c2cccc3ccccc23)cc1. The number of hydrogen-bond acceptors (Lipinski definition) is 6. The van der Waals surface area contributed by atoms with Gasteiger partial charge in [0.25, 0.3) is 5.69 Å². The summed E-state index contributed by atoms with van der Waals surface area (Å²) >= 11 is 0. The summed E-state index contributed by atoms with van der Waals surface area (Å²) in [5.41, 5.74) is 5.39. The van der Waals surface area contributed by atoms with E-state index in [0.717, 1.165) is 33.5 Å². The van der Waals surface area contributed by atoms with Crippen LogP contribution in [0.15, 0.2) is 90.0 Å². The van der Waals surface area contributed by atoms with E-state index in [0.29, 0.717) is 5.71 Å². The van der Waals surface area contributed by atoms with Crippen LogP contribution in [0.25, 0.3) is 10.8 Å². The minimum atomic E-state index is -0.673. The van der Waals surface area contributed by atoms with Crippen LogP contribution in [0.4, 0.5) is 17.1 Å². The number of nitro benzene ring substituents is 2. The number of benzene rings is 4. The van der Waals surface area contributed by atoms with E-state index in [-0.39, 0.29) is 11.4 Å². The number of nitrogens with one attached hydrogen (secondary N) is 1. The van der Waals surface area contributed by atoms with Crippen molar-refractivity contribution in [2.45, 2.75) is 6.92 Å². The van der Waals surface area contributed by atoms with Crippen molar-refractivity contribution < 1.29 is 9.85 Å². The number of nitrogens with zero attached hydrogens (tertiary/aromatic N) is 3. The fraction of sp³-hybridized carbons (Fsp3) is 0.0417. The highest BCUT2D eigenvalue weighted by molar-refractivity contribution is 6.19. The molecule has 0 unspecified atom stereocenters. The molecule has 1 N–H and O–H groups in total. The van der Waals surface area contributed by atoms with Crippen LogP contribution in [0.3, 0.4) is 0 Å². The zero-order valence-corrected chi connectivity index (χ0v) is 17.1. The average molecular weight is 426 g/mol. The zero-order valence-electron chi connectivity index (χ0n) is 17.1. The number of nitro groups is 2. The molecule has 0 aliphatic rings. The van der Waals surface area contributed by atoms with E-state index in [2.05, 4.69) is 10.5 Å². The largest absolute Gasteiger partial charge is 0.301 e. The molecular formula is C24H18N4O4. The summed E-state index contributed by atoms with van der Waals surface area (Å²) in [5.74, 6) is 0. The van der Waals surface area contributed by atoms with Crippen LogP contribution in [-0.2, 0) is 0 Å². The van der Waals surface area contributed by atoms with E-state index in [9.17, 15) is 20.2 Å². The standard InChI is InChI=1S/C24H18N4O4/c1-16-9-11-18(12-10-16)24(21-8-4-6-17-5-2-3-7-20(17)21)26-25-22-14-13-19(27(29)30)15-23(22)28(31)32/h2-15,25H,1H3. The molecule has 8 heteroatoms. The van der Waals surface area contributed by atoms with E-state index >= 15 is 0 Å². The second kappa shape index (κ2) is 8.65. The molecule has 0 heterocycles. The van der Waals surface area contributed by atoms with Gasteiger partial charge in [-0.15, -0.1) is 0 Å². The molecule has 0 bridgehead atoms. The van der Waals surface area contributed by atoms with Gasteiger partial charge in [0.15, 0.2) is 0 Å². The summed E-state index contributed by atoms with van der Waals surface area (Å²) in [6.45, 7) is 1.98. The lowest BCUT2D eigenvalue weighted by atomic mass is 9.96. The van der Waals surface area contributed by atoms with Crippen LogP contribution in [-0.4, -0.2) is 15.6 Å². The molecule has 4 aromatic rings. The van der Waals surface area contributed by atoms with Crippen molar-refractivity contribution in [3.8, 4) is 0 Å². The van der Waals surface area contributed by atoms with E-state index in [1.165, 1.54) is 12.1 Å². The molecule has 0 aliphatic carbocycles. The summed E-state index contributed by atoms with van der Waals surface area (Å²) in [4.78, 5) is 21.2. The van der Waals surface area contributed by atoms with E-state index in [1.54, 1.807) is 0 Å². The Hall–Kier alpha value is -4.59. The first-order chi connectivity index (χ1) is 15.4. The minimum Gasteiger partial charge on any atom is -0.271 e. The number of fused-ring (bicyclic) bond motifs is 1. The van der Waals surface area contributed by atoms with Gasteiger partial charge in [0, 0.05) is 17.2 Å². The van der Waals surface area contributed by atoms with Crippen LogP contribution in [0.5, 0.6) is 0 Å². The smallest absolute Gasteiger partial charge is 0.271 e. The highest BCUT2D eigenvalue weighted by Crippen LogP contribution is 2.30. The van der Waals surface area contributed by atoms with Crippen molar-refractivity contribution in [1.82, 2.24) is 0 Å². The number of rotatable bonds is 6. The summed E-state index contributed by atoms with van der Waals surface area (Å²) in [5, 5.41) is 29.0. The quantitative estimate of drug-likeness (QED) is 0.237. The molecule has 32 heavy (non-hydrogen) atoms. The van der Waals surface area contributed by atoms with Gasteiger partial charge in [0.05, 0.1) is 21.6 Å². The van der Waals surface area contributed by atoms with Crippen LogP contribution in [0.2, 0.25) is 0 Å². The lowest BCUT2D eigenvalue weighted by Crippen LogP contribution is -2.08. The Bertz CT molecular complexity index is 1360. The van der Waals surface area contributed by atoms with E-state index < -0.39 is 15.5 Å². The molecule has 0 aliphatic heterocycles. The molecule has 8 nitrogen and oxygen atoms in total. The second-order valence-electron chi connectivity index (χ2n) is 7.18. The maximum Gasteiger partial charge on any atom is 0.301 e. The van der Waals surface area contributed by atoms with Crippen LogP contribution >= 0.6 is 0 Å². The van der Waals surface area contributed by atoms with Gasteiger partial charge in [-0.25, -0.2) is 0 Å². The summed E-state index contributed by atoms with van der Waals surface area (Å²) in [6.07, 6.45) is 0. The molecule has 4 rings (SSSR count). The van der Waals surface area contributed by atoms with Gasteiger partial charge in [-0.3, -0.25) is 25.7 Å².